The largest absolute Gasteiger partial charge is 0.458 e. The van der Waals surface area contributed by atoms with Gasteiger partial charge >= 0.3 is 5.69 Å². The molecule has 138 valence electrons. The molecule has 26 heavy (non-hydrogen) atoms. The highest BCUT2D eigenvalue weighted by molar-refractivity contribution is 5.46. The zero-order valence-corrected chi connectivity index (χ0v) is 15.8. The fourth-order valence-electron chi connectivity index (χ4n) is 3.07. The number of H-pyrrole nitrogens is 1. The van der Waals surface area contributed by atoms with E-state index < -0.39 is 0 Å². The van der Waals surface area contributed by atoms with Gasteiger partial charge in [0.15, 0.2) is 5.76 Å². The van der Waals surface area contributed by atoms with Gasteiger partial charge in [-0.2, -0.15) is 4.98 Å². The van der Waals surface area contributed by atoms with Crippen LogP contribution in [-0.2, 0) is 19.4 Å². The predicted molar refractivity (Wildman–Crippen MR) is 99.1 cm³/mol. The Bertz CT molecular complexity index is 925. The molecule has 3 aromatic heterocycles. The lowest BCUT2D eigenvalue weighted by molar-refractivity contribution is 0.531. The van der Waals surface area contributed by atoms with Crippen LogP contribution in [0.3, 0.4) is 0 Å². The van der Waals surface area contributed by atoms with E-state index in [2.05, 4.69) is 22.0 Å². The molecule has 0 spiro atoms. The summed E-state index contributed by atoms with van der Waals surface area (Å²) in [5, 5.41) is 4.64. The molecule has 0 saturated carbocycles. The number of furan rings is 1. The molecule has 0 amide bonds. The number of rotatable bonds is 7. The summed E-state index contributed by atoms with van der Waals surface area (Å²) in [7, 11) is 0. The SMILES string of the molecule is CCCCn1nc(-c2ccc(C)o2)nc1CCc1c(C)nc(=O)[nH]c1C. The summed E-state index contributed by atoms with van der Waals surface area (Å²) in [5.74, 6) is 3.08. The van der Waals surface area contributed by atoms with Gasteiger partial charge in [0.05, 0.1) is 0 Å². The van der Waals surface area contributed by atoms with Crippen molar-refractivity contribution in [3.63, 3.8) is 0 Å². The normalized spacial score (nSPS) is 11.2. The van der Waals surface area contributed by atoms with Crippen LogP contribution in [0.15, 0.2) is 21.3 Å². The maximum Gasteiger partial charge on any atom is 0.345 e. The molecule has 0 aliphatic carbocycles. The topological polar surface area (TPSA) is 89.6 Å². The van der Waals surface area contributed by atoms with Gasteiger partial charge in [0.2, 0.25) is 5.82 Å². The van der Waals surface area contributed by atoms with Crippen molar-refractivity contribution in [2.45, 2.75) is 59.9 Å². The monoisotopic (exact) mass is 355 g/mol. The van der Waals surface area contributed by atoms with Gasteiger partial charge in [-0.1, -0.05) is 13.3 Å². The quantitative estimate of drug-likeness (QED) is 0.703. The molecule has 7 heteroatoms. The third-order valence-electron chi connectivity index (χ3n) is 4.48. The van der Waals surface area contributed by atoms with Crippen molar-refractivity contribution >= 4 is 0 Å². The Morgan fingerprint density at radius 1 is 1.15 bits per heavy atom. The van der Waals surface area contributed by atoms with Gasteiger partial charge in [-0.05, 0) is 51.3 Å². The highest BCUT2D eigenvalue weighted by atomic mass is 16.3. The zero-order chi connectivity index (χ0) is 18.7. The molecule has 0 atom stereocenters. The van der Waals surface area contributed by atoms with Crippen molar-refractivity contribution in [2.24, 2.45) is 0 Å². The Kier molecular flexibility index (Phi) is 5.35. The van der Waals surface area contributed by atoms with Gasteiger partial charge in [-0.3, -0.25) is 0 Å². The molecule has 0 bridgehead atoms. The standard InChI is InChI=1S/C19H25N5O2/c1-5-6-11-24-17(22-18(23-24)16-9-7-12(2)26-16)10-8-15-13(3)20-19(25)21-14(15)4/h7,9H,5-6,8,10-11H2,1-4H3,(H,20,21,25). The van der Waals surface area contributed by atoms with Crippen molar-refractivity contribution in [3.8, 4) is 11.6 Å². The summed E-state index contributed by atoms with van der Waals surface area (Å²) in [5.41, 5.74) is 2.40. The first-order valence-corrected chi connectivity index (χ1v) is 9.05. The minimum atomic E-state index is -0.301. The number of nitrogens with zero attached hydrogens (tertiary/aromatic N) is 4. The number of aromatic nitrogens is 5. The molecule has 0 radical (unpaired) electrons. The second-order valence-corrected chi connectivity index (χ2v) is 6.57. The van der Waals surface area contributed by atoms with Gasteiger partial charge in [0, 0.05) is 24.4 Å². The number of aryl methyl sites for hydroxylation is 5. The first kappa shape index (κ1) is 18.1. The Morgan fingerprint density at radius 3 is 2.62 bits per heavy atom. The van der Waals surface area contributed by atoms with Gasteiger partial charge in [-0.25, -0.2) is 14.5 Å². The summed E-state index contributed by atoms with van der Waals surface area (Å²) < 4.78 is 7.64. The van der Waals surface area contributed by atoms with Crippen LogP contribution in [0.5, 0.6) is 0 Å². The van der Waals surface area contributed by atoms with Gasteiger partial charge < -0.3 is 9.40 Å². The fourth-order valence-corrected chi connectivity index (χ4v) is 3.07. The molecule has 0 aliphatic heterocycles. The second kappa shape index (κ2) is 7.68. The Morgan fingerprint density at radius 2 is 1.96 bits per heavy atom. The lowest BCUT2D eigenvalue weighted by atomic mass is 10.1. The van der Waals surface area contributed by atoms with E-state index in [9.17, 15) is 4.79 Å². The van der Waals surface area contributed by atoms with Crippen molar-refractivity contribution in [1.29, 1.82) is 0 Å². The predicted octanol–water partition coefficient (Wildman–Crippen LogP) is 3.13. The molecule has 0 aromatic carbocycles. The molecule has 0 aliphatic rings. The van der Waals surface area contributed by atoms with Crippen LogP contribution in [0.4, 0.5) is 0 Å². The van der Waals surface area contributed by atoms with Gasteiger partial charge in [-0.15, -0.1) is 5.10 Å². The Hall–Kier alpha value is -2.70. The number of hydrogen-bond donors (Lipinski definition) is 1. The summed E-state index contributed by atoms with van der Waals surface area (Å²) in [4.78, 5) is 23.0. The van der Waals surface area contributed by atoms with Crippen molar-refractivity contribution in [2.75, 3.05) is 0 Å². The van der Waals surface area contributed by atoms with Gasteiger partial charge in [0.1, 0.15) is 11.6 Å². The van der Waals surface area contributed by atoms with Crippen molar-refractivity contribution in [1.82, 2.24) is 24.7 Å². The van der Waals surface area contributed by atoms with E-state index in [1.807, 2.05) is 37.6 Å². The number of unbranched alkanes of at least 4 members (excludes halogenated alkanes) is 1. The third kappa shape index (κ3) is 3.92. The molecule has 3 rings (SSSR count). The van der Waals surface area contributed by atoms with E-state index >= 15 is 0 Å². The second-order valence-electron chi connectivity index (χ2n) is 6.57. The van der Waals surface area contributed by atoms with E-state index in [1.165, 1.54) is 0 Å². The lowest BCUT2D eigenvalue weighted by Gasteiger charge is -2.09. The Labute approximate surface area is 152 Å². The van der Waals surface area contributed by atoms with Crippen molar-refractivity contribution < 1.29 is 4.42 Å². The number of aromatic amines is 1. The maximum absolute atomic E-state index is 11.5. The van der Waals surface area contributed by atoms with Crippen LogP contribution in [0, 0.1) is 20.8 Å². The highest BCUT2D eigenvalue weighted by Crippen LogP contribution is 2.20. The average molecular weight is 355 g/mol. The van der Waals surface area contributed by atoms with Crippen molar-refractivity contribution in [3.05, 3.63) is 51.2 Å². The highest BCUT2D eigenvalue weighted by Gasteiger charge is 2.15. The molecule has 1 N–H and O–H groups in total. The summed E-state index contributed by atoms with van der Waals surface area (Å²) in [6.45, 7) is 8.68. The summed E-state index contributed by atoms with van der Waals surface area (Å²) in [6, 6.07) is 3.82. The molecule has 0 fully saturated rings. The average Bonchev–Trinajstić information content (AvgIpc) is 3.18. The molecular formula is C19H25N5O2. The minimum Gasteiger partial charge on any atom is -0.458 e. The first-order chi connectivity index (χ1) is 12.5. The lowest BCUT2D eigenvalue weighted by Crippen LogP contribution is -2.17. The van der Waals surface area contributed by atoms with E-state index in [1.54, 1.807) is 0 Å². The van der Waals surface area contributed by atoms with Gasteiger partial charge in [0.25, 0.3) is 0 Å². The van der Waals surface area contributed by atoms with E-state index in [-0.39, 0.29) is 5.69 Å². The summed E-state index contributed by atoms with van der Waals surface area (Å²) >= 11 is 0. The van der Waals surface area contributed by atoms with Crippen LogP contribution < -0.4 is 5.69 Å². The smallest absolute Gasteiger partial charge is 0.345 e. The molecule has 3 heterocycles. The zero-order valence-electron chi connectivity index (χ0n) is 15.8. The number of hydrogen-bond acceptors (Lipinski definition) is 5. The first-order valence-electron chi connectivity index (χ1n) is 9.05. The molecule has 0 unspecified atom stereocenters. The molecule has 7 nitrogen and oxygen atoms in total. The van der Waals surface area contributed by atoms with Crippen LogP contribution >= 0.6 is 0 Å². The van der Waals surface area contributed by atoms with Crippen LogP contribution in [0.25, 0.3) is 11.6 Å². The minimum absolute atomic E-state index is 0.301. The number of nitrogens with one attached hydrogen (secondary N) is 1. The Balaban J connectivity index is 1.86. The van der Waals surface area contributed by atoms with Crippen LogP contribution in [-0.4, -0.2) is 24.7 Å². The van der Waals surface area contributed by atoms with Crippen LogP contribution in [0.2, 0.25) is 0 Å². The van der Waals surface area contributed by atoms with E-state index in [0.717, 1.165) is 60.8 Å². The van der Waals surface area contributed by atoms with E-state index in [4.69, 9.17) is 9.40 Å². The molecular weight excluding hydrogens is 330 g/mol. The van der Waals surface area contributed by atoms with Crippen LogP contribution in [0.1, 0.15) is 48.3 Å². The maximum atomic E-state index is 11.5. The summed E-state index contributed by atoms with van der Waals surface area (Å²) in [6.07, 6.45) is 3.62. The fraction of sp³-hybridized carbons (Fsp3) is 0.474. The molecule has 0 saturated heterocycles. The molecule has 3 aromatic rings. The third-order valence-corrected chi connectivity index (χ3v) is 4.48. The van der Waals surface area contributed by atoms with E-state index in [0.29, 0.717) is 11.6 Å².